The van der Waals surface area contributed by atoms with E-state index < -0.39 is 0 Å². The van der Waals surface area contributed by atoms with Gasteiger partial charge in [-0.1, -0.05) is 38.1 Å². The van der Waals surface area contributed by atoms with Crippen molar-refractivity contribution >= 4 is 17.2 Å². The first-order chi connectivity index (χ1) is 18.0. The molecule has 37 heavy (non-hydrogen) atoms. The number of fused-ring (bicyclic) bond motifs is 1. The van der Waals surface area contributed by atoms with Crippen LogP contribution in [0.1, 0.15) is 49.8 Å². The van der Waals surface area contributed by atoms with Crippen LogP contribution in [0.15, 0.2) is 78.0 Å². The number of anilines is 2. The third-order valence-electron chi connectivity index (χ3n) is 6.99. The highest BCUT2D eigenvalue weighted by Gasteiger charge is 2.37. The standard InChI is InChI=1S/C31H34N2O4/c1-19(2)18-37-22-11-9-20(10-12-22)21-15-27-30(28(34)16-21)31(33-26-8-6-5-7-25(26)32-27)24-17-23(35-3)13-14-29(24)36-4/h5-14,17,19,21,31-33H,15-16,18H2,1-4H3. The van der Waals surface area contributed by atoms with Crippen LogP contribution in [0, 0.1) is 5.92 Å². The third-order valence-corrected chi connectivity index (χ3v) is 6.99. The monoisotopic (exact) mass is 498 g/mol. The highest BCUT2D eigenvalue weighted by molar-refractivity contribution is 6.01. The molecule has 0 fully saturated rings. The summed E-state index contributed by atoms with van der Waals surface area (Å²) in [7, 11) is 3.29. The van der Waals surface area contributed by atoms with E-state index in [4.69, 9.17) is 14.2 Å². The van der Waals surface area contributed by atoms with Crippen LogP contribution in [0.4, 0.5) is 11.4 Å². The highest BCUT2D eigenvalue weighted by Crippen LogP contribution is 2.46. The zero-order valence-corrected chi connectivity index (χ0v) is 21.8. The van der Waals surface area contributed by atoms with Gasteiger partial charge in [-0.2, -0.15) is 0 Å². The van der Waals surface area contributed by atoms with Crippen molar-refractivity contribution in [1.82, 2.24) is 0 Å². The van der Waals surface area contributed by atoms with Crippen LogP contribution in [0.3, 0.4) is 0 Å². The topological polar surface area (TPSA) is 68.8 Å². The quantitative estimate of drug-likeness (QED) is 0.377. The van der Waals surface area contributed by atoms with Crippen LogP contribution < -0.4 is 24.8 Å². The first-order valence-corrected chi connectivity index (χ1v) is 12.8. The van der Waals surface area contributed by atoms with Crippen LogP contribution >= 0.6 is 0 Å². The average Bonchev–Trinajstić information content (AvgIpc) is 3.08. The lowest BCUT2D eigenvalue weighted by atomic mass is 9.78. The number of carbonyl (C=O) groups excluding carboxylic acids is 1. The van der Waals surface area contributed by atoms with Crippen molar-refractivity contribution < 1.29 is 19.0 Å². The second-order valence-electron chi connectivity index (χ2n) is 10.1. The lowest BCUT2D eigenvalue weighted by Crippen LogP contribution is -2.27. The highest BCUT2D eigenvalue weighted by atomic mass is 16.5. The average molecular weight is 499 g/mol. The first kappa shape index (κ1) is 24.8. The van der Waals surface area contributed by atoms with E-state index >= 15 is 0 Å². The Balaban J connectivity index is 1.53. The number of nitrogens with one attached hydrogen (secondary N) is 2. The SMILES string of the molecule is COc1ccc(OC)c(C2Nc3ccccc3NC3=C2C(=O)CC(c2ccc(OCC(C)C)cc2)C3)c1. The normalized spacial score (nSPS) is 18.8. The Kier molecular flexibility index (Phi) is 7.08. The van der Waals surface area contributed by atoms with Gasteiger partial charge < -0.3 is 24.8 Å². The van der Waals surface area contributed by atoms with Crippen LogP contribution in [-0.2, 0) is 4.79 Å². The second-order valence-corrected chi connectivity index (χ2v) is 10.1. The summed E-state index contributed by atoms with van der Waals surface area (Å²) in [5, 5.41) is 7.22. The van der Waals surface area contributed by atoms with E-state index in [1.54, 1.807) is 14.2 Å². The van der Waals surface area contributed by atoms with Gasteiger partial charge >= 0.3 is 0 Å². The molecule has 6 heteroatoms. The van der Waals surface area contributed by atoms with E-state index in [0.717, 1.165) is 45.9 Å². The number of ketones is 1. The summed E-state index contributed by atoms with van der Waals surface area (Å²) in [5.74, 6) is 2.94. The minimum atomic E-state index is -0.378. The molecule has 2 aliphatic rings. The molecule has 192 valence electrons. The molecule has 0 spiro atoms. The largest absolute Gasteiger partial charge is 0.497 e. The van der Waals surface area contributed by atoms with Crippen molar-refractivity contribution in [1.29, 1.82) is 0 Å². The number of benzene rings is 3. The first-order valence-electron chi connectivity index (χ1n) is 12.8. The van der Waals surface area contributed by atoms with Gasteiger partial charge in [0.05, 0.1) is 38.2 Å². The molecule has 1 aliphatic carbocycles. The molecule has 3 aromatic carbocycles. The number of hydrogen-bond donors (Lipinski definition) is 2. The molecule has 5 rings (SSSR count). The van der Waals surface area contributed by atoms with Crippen LogP contribution in [0.25, 0.3) is 0 Å². The maximum Gasteiger partial charge on any atom is 0.163 e. The lowest BCUT2D eigenvalue weighted by Gasteiger charge is -2.30. The van der Waals surface area contributed by atoms with Gasteiger partial charge in [-0.15, -0.1) is 0 Å². The predicted molar refractivity (Wildman–Crippen MR) is 147 cm³/mol. The number of rotatable bonds is 7. The maximum atomic E-state index is 13.9. The Morgan fingerprint density at radius 3 is 2.32 bits per heavy atom. The number of carbonyl (C=O) groups is 1. The van der Waals surface area contributed by atoms with Crippen molar-refractivity contribution in [3.8, 4) is 17.2 Å². The fourth-order valence-corrected chi connectivity index (χ4v) is 5.13. The molecule has 0 amide bonds. The predicted octanol–water partition coefficient (Wildman–Crippen LogP) is 6.72. The van der Waals surface area contributed by atoms with Crippen molar-refractivity contribution in [2.75, 3.05) is 31.5 Å². The molecule has 2 unspecified atom stereocenters. The molecule has 0 aromatic heterocycles. The van der Waals surface area contributed by atoms with E-state index in [2.05, 4.69) is 36.6 Å². The van der Waals surface area contributed by atoms with E-state index in [0.29, 0.717) is 30.4 Å². The summed E-state index contributed by atoms with van der Waals surface area (Å²) in [5.41, 5.74) is 5.57. The number of para-hydroxylation sites is 2. The Hall–Kier alpha value is -3.93. The van der Waals surface area contributed by atoms with Gasteiger partial charge in [-0.3, -0.25) is 4.79 Å². The van der Waals surface area contributed by atoms with Crippen molar-refractivity contribution in [3.63, 3.8) is 0 Å². The maximum absolute atomic E-state index is 13.9. The number of hydrogen-bond acceptors (Lipinski definition) is 6. The summed E-state index contributed by atoms with van der Waals surface area (Å²) >= 11 is 0. The molecule has 0 saturated heterocycles. The van der Waals surface area contributed by atoms with Crippen molar-refractivity contribution in [3.05, 3.63) is 89.1 Å². The van der Waals surface area contributed by atoms with Gasteiger partial charge in [0.1, 0.15) is 17.2 Å². The van der Waals surface area contributed by atoms with Gasteiger partial charge in [0.25, 0.3) is 0 Å². The minimum absolute atomic E-state index is 0.0796. The summed E-state index contributed by atoms with van der Waals surface area (Å²) < 4.78 is 17.1. The molecule has 2 N–H and O–H groups in total. The van der Waals surface area contributed by atoms with E-state index in [1.165, 1.54) is 0 Å². The van der Waals surface area contributed by atoms with E-state index in [-0.39, 0.29) is 17.7 Å². The molecule has 1 aliphatic heterocycles. The number of ether oxygens (including phenoxy) is 3. The van der Waals surface area contributed by atoms with Crippen molar-refractivity contribution in [2.45, 2.75) is 38.6 Å². The fourth-order valence-electron chi connectivity index (χ4n) is 5.13. The number of Topliss-reactive ketones (excluding diaryl/α,β-unsaturated/α-hetero) is 1. The van der Waals surface area contributed by atoms with Crippen LogP contribution in [0.5, 0.6) is 17.2 Å². The Bertz CT molecular complexity index is 1310. The summed E-state index contributed by atoms with van der Waals surface area (Å²) in [6.45, 7) is 4.95. The van der Waals surface area contributed by atoms with Gasteiger partial charge in [0, 0.05) is 23.3 Å². The van der Waals surface area contributed by atoms with Crippen molar-refractivity contribution in [2.24, 2.45) is 5.92 Å². The molecular weight excluding hydrogens is 464 g/mol. The third kappa shape index (κ3) is 5.15. The molecule has 0 radical (unpaired) electrons. The zero-order valence-electron chi connectivity index (χ0n) is 21.8. The number of methoxy groups -OCH3 is 2. The Labute approximate surface area is 218 Å². The van der Waals surface area contributed by atoms with Crippen LogP contribution in [0.2, 0.25) is 0 Å². The summed E-state index contributed by atoms with van der Waals surface area (Å²) in [4.78, 5) is 13.9. The zero-order chi connectivity index (χ0) is 25.9. The molecule has 0 saturated carbocycles. The Morgan fingerprint density at radius 1 is 0.892 bits per heavy atom. The lowest BCUT2D eigenvalue weighted by molar-refractivity contribution is -0.116. The van der Waals surface area contributed by atoms with Gasteiger partial charge in [0.15, 0.2) is 5.78 Å². The second kappa shape index (κ2) is 10.6. The molecule has 0 bridgehead atoms. The summed E-state index contributed by atoms with van der Waals surface area (Å²) in [6, 6.07) is 21.6. The van der Waals surface area contributed by atoms with Gasteiger partial charge in [0.2, 0.25) is 0 Å². The molecule has 6 nitrogen and oxygen atoms in total. The van der Waals surface area contributed by atoms with Gasteiger partial charge in [-0.25, -0.2) is 0 Å². The molecule has 3 aromatic rings. The Morgan fingerprint density at radius 2 is 1.62 bits per heavy atom. The minimum Gasteiger partial charge on any atom is -0.497 e. The smallest absolute Gasteiger partial charge is 0.163 e. The molecular formula is C31H34N2O4. The summed E-state index contributed by atoms with van der Waals surface area (Å²) in [6.07, 6.45) is 1.17. The molecule has 2 atom stereocenters. The van der Waals surface area contributed by atoms with Gasteiger partial charge in [-0.05, 0) is 66.3 Å². The van der Waals surface area contributed by atoms with E-state index in [9.17, 15) is 4.79 Å². The fraction of sp³-hybridized carbons (Fsp3) is 0.323. The van der Waals surface area contributed by atoms with E-state index in [1.807, 2.05) is 54.6 Å². The number of allylic oxidation sites excluding steroid dienone is 1. The van der Waals surface area contributed by atoms with Crippen LogP contribution in [-0.4, -0.2) is 26.6 Å². The molecule has 1 heterocycles.